The number of carbonyl (C=O) groups is 1. The molecule has 19 heavy (non-hydrogen) atoms. The van der Waals surface area contributed by atoms with Crippen LogP contribution in [0, 0.1) is 19.7 Å². The Kier molecular flexibility index (Phi) is 3.81. The molecular formula is C14H12ClFN2O. The second-order valence-corrected chi connectivity index (χ2v) is 4.57. The standard InChI is InChI=1S/C14H12ClFN2O/c1-8-6-10(7-13(15)17-8)14(19)18-12-5-3-4-11(16)9(12)2/h3-7H,1-2H3,(H,18,19). The number of nitrogens with one attached hydrogen (secondary N) is 1. The van der Waals surface area contributed by atoms with Crippen molar-refractivity contribution >= 4 is 23.2 Å². The van der Waals surface area contributed by atoms with Crippen molar-refractivity contribution in [3.05, 3.63) is 58.1 Å². The molecule has 0 aliphatic heterocycles. The van der Waals surface area contributed by atoms with Gasteiger partial charge in [-0.15, -0.1) is 0 Å². The number of nitrogens with zero attached hydrogens (tertiary/aromatic N) is 1. The third kappa shape index (κ3) is 3.09. The van der Waals surface area contributed by atoms with Gasteiger partial charge in [-0.25, -0.2) is 9.37 Å². The van der Waals surface area contributed by atoms with E-state index in [1.165, 1.54) is 12.1 Å². The highest BCUT2D eigenvalue weighted by Crippen LogP contribution is 2.19. The van der Waals surface area contributed by atoms with Crippen LogP contribution in [0.5, 0.6) is 0 Å². The molecule has 5 heteroatoms. The normalized spacial score (nSPS) is 10.3. The van der Waals surface area contributed by atoms with E-state index >= 15 is 0 Å². The highest BCUT2D eigenvalue weighted by molar-refractivity contribution is 6.29. The third-order valence-corrected chi connectivity index (χ3v) is 2.89. The van der Waals surface area contributed by atoms with Gasteiger partial charge in [0.05, 0.1) is 0 Å². The molecule has 0 saturated carbocycles. The van der Waals surface area contributed by atoms with Crippen LogP contribution in [0.3, 0.4) is 0 Å². The van der Waals surface area contributed by atoms with Crippen LogP contribution in [-0.2, 0) is 0 Å². The molecule has 1 heterocycles. The fourth-order valence-corrected chi connectivity index (χ4v) is 1.95. The van der Waals surface area contributed by atoms with Gasteiger partial charge in [-0.3, -0.25) is 4.79 Å². The van der Waals surface area contributed by atoms with Gasteiger partial charge in [0.15, 0.2) is 0 Å². The van der Waals surface area contributed by atoms with Crippen LogP contribution in [0.15, 0.2) is 30.3 Å². The van der Waals surface area contributed by atoms with Gasteiger partial charge in [-0.1, -0.05) is 17.7 Å². The van der Waals surface area contributed by atoms with Crippen molar-refractivity contribution in [3.8, 4) is 0 Å². The van der Waals surface area contributed by atoms with E-state index in [9.17, 15) is 9.18 Å². The molecule has 0 atom stereocenters. The first-order valence-corrected chi connectivity index (χ1v) is 6.06. The number of rotatable bonds is 2. The van der Waals surface area contributed by atoms with Gasteiger partial charge in [0.1, 0.15) is 11.0 Å². The minimum atomic E-state index is -0.359. The summed E-state index contributed by atoms with van der Waals surface area (Å²) < 4.78 is 13.4. The Morgan fingerprint density at radius 1 is 1.32 bits per heavy atom. The first-order valence-electron chi connectivity index (χ1n) is 5.68. The first-order chi connectivity index (χ1) is 8.97. The quantitative estimate of drug-likeness (QED) is 0.850. The summed E-state index contributed by atoms with van der Waals surface area (Å²) in [7, 11) is 0. The van der Waals surface area contributed by atoms with Gasteiger partial charge in [-0.05, 0) is 38.1 Å². The van der Waals surface area contributed by atoms with Crippen LogP contribution in [0.25, 0.3) is 0 Å². The summed E-state index contributed by atoms with van der Waals surface area (Å²) in [4.78, 5) is 16.0. The maximum atomic E-state index is 13.4. The van der Waals surface area contributed by atoms with Crippen molar-refractivity contribution < 1.29 is 9.18 Å². The molecule has 1 N–H and O–H groups in total. The van der Waals surface area contributed by atoms with E-state index in [2.05, 4.69) is 10.3 Å². The van der Waals surface area contributed by atoms with Gasteiger partial charge >= 0.3 is 0 Å². The second kappa shape index (κ2) is 5.36. The van der Waals surface area contributed by atoms with Gasteiger partial charge in [-0.2, -0.15) is 0 Å². The van der Waals surface area contributed by atoms with Crippen LogP contribution < -0.4 is 5.32 Å². The van der Waals surface area contributed by atoms with Crippen LogP contribution >= 0.6 is 11.6 Å². The van der Waals surface area contributed by atoms with Gasteiger partial charge in [0, 0.05) is 22.5 Å². The van der Waals surface area contributed by atoms with Crippen molar-refractivity contribution in [2.45, 2.75) is 13.8 Å². The third-order valence-electron chi connectivity index (χ3n) is 2.70. The molecule has 0 aliphatic rings. The number of carbonyl (C=O) groups excluding carboxylic acids is 1. The first kappa shape index (κ1) is 13.5. The van der Waals surface area contributed by atoms with Crippen LogP contribution in [-0.4, -0.2) is 10.9 Å². The van der Waals surface area contributed by atoms with E-state index < -0.39 is 0 Å². The number of aryl methyl sites for hydroxylation is 1. The summed E-state index contributed by atoms with van der Waals surface area (Å²) in [5.74, 6) is -0.706. The lowest BCUT2D eigenvalue weighted by atomic mass is 10.1. The zero-order valence-electron chi connectivity index (χ0n) is 10.5. The van der Waals surface area contributed by atoms with Crippen molar-refractivity contribution in [1.82, 2.24) is 4.98 Å². The largest absolute Gasteiger partial charge is 0.322 e. The number of aromatic nitrogens is 1. The number of hydrogen-bond acceptors (Lipinski definition) is 2. The summed E-state index contributed by atoms with van der Waals surface area (Å²) in [5.41, 5.74) is 1.87. The molecule has 1 aromatic carbocycles. The van der Waals surface area contributed by atoms with Gasteiger partial charge < -0.3 is 5.32 Å². The SMILES string of the molecule is Cc1cc(C(=O)Nc2cccc(F)c2C)cc(Cl)n1. The van der Waals surface area contributed by atoms with Crippen molar-refractivity contribution in [1.29, 1.82) is 0 Å². The predicted molar refractivity (Wildman–Crippen MR) is 73.1 cm³/mol. The Labute approximate surface area is 115 Å². The maximum absolute atomic E-state index is 13.4. The Morgan fingerprint density at radius 3 is 2.74 bits per heavy atom. The average Bonchev–Trinajstić information content (AvgIpc) is 2.33. The maximum Gasteiger partial charge on any atom is 0.255 e. The van der Waals surface area contributed by atoms with E-state index in [0.717, 1.165) is 0 Å². The lowest BCUT2D eigenvalue weighted by Crippen LogP contribution is -2.13. The molecule has 0 aliphatic carbocycles. The topological polar surface area (TPSA) is 42.0 Å². The highest BCUT2D eigenvalue weighted by atomic mass is 35.5. The number of anilines is 1. The summed E-state index contributed by atoms with van der Waals surface area (Å²) in [6, 6.07) is 7.63. The van der Waals surface area contributed by atoms with Crippen molar-refractivity contribution in [2.75, 3.05) is 5.32 Å². The Hall–Kier alpha value is -1.94. The predicted octanol–water partition coefficient (Wildman–Crippen LogP) is 3.74. The Bertz CT molecular complexity index is 623. The zero-order valence-corrected chi connectivity index (χ0v) is 11.3. The molecular weight excluding hydrogens is 267 g/mol. The molecule has 0 unspecified atom stereocenters. The van der Waals surface area contributed by atoms with E-state index in [-0.39, 0.29) is 16.9 Å². The lowest BCUT2D eigenvalue weighted by Gasteiger charge is -2.09. The smallest absolute Gasteiger partial charge is 0.255 e. The minimum absolute atomic E-state index is 0.251. The van der Waals surface area contributed by atoms with Crippen LogP contribution in [0.1, 0.15) is 21.6 Å². The molecule has 0 spiro atoms. The number of halogens is 2. The molecule has 3 nitrogen and oxygen atoms in total. The summed E-state index contributed by atoms with van der Waals surface area (Å²) in [6.45, 7) is 3.35. The molecule has 0 bridgehead atoms. The summed E-state index contributed by atoms with van der Waals surface area (Å²) in [6.07, 6.45) is 0. The lowest BCUT2D eigenvalue weighted by molar-refractivity contribution is 0.102. The summed E-state index contributed by atoms with van der Waals surface area (Å²) >= 11 is 5.80. The molecule has 2 rings (SSSR count). The molecule has 2 aromatic rings. The van der Waals surface area contributed by atoms with Crippen molar-refractivity contribution in [2.24, 2.45) is 0 Å². The number of hydrogen-bond donors (Lipinski definition) is 1. The van der Waals surface area contributed by atoms with E-state index in [1.807, 2.05) is 0 Å². The Balaban J connectivity index is 2.28. The van der Waals surface area contributed by atoms with Gasteiger partial charge in [0.2, 0.25) is 0 Å². The minimum Gasteiger partial charge on any atom is -0.322 e. The fourth-order valence-electron chi connectivity index (χ4n) is 1.70. The van der Waals surface area contributed by atoms with E-state index in [0.29, 0.717) is 22.5 Å². The van der Waals surface area contributed by atoms with E-state index in [1.54, 1.807) is 32.0 Å². The molecule has 0 saturated heterocycles. The van der Waals surface area contributed by atoms with E-state index in [4.69, 9.17) is 11.6 Å². The number of benzene rings is 1. The average molecular weight is 279 g/mol. The second-order valence-electron chi connectivity index (χ2n) is 4.19. The molecule has 1 amide bonds. The number of amides is 1. The zero-order chi connectivity index (χ0) is 14.0. The Morgan fingerprint density at radius 2 is 2.05 bits per heavy atom. The van der Waals surface area contributed by atoms with Crippen LogP contribution in [0.2, 0.25) is 5.15 Å². The fraction of sp³-hybridized carbons (Fsp3) is 0.143. The summed E-state index contributed by atoms with van der Waals surface area (Å²) in [5, 5.41) is 2.91. The number of pyridine rings is 1. The van der Waals surface area contributed by atoms with Crippen molar-refractivity contribution in [3.63, 3.8) is 0 Å². The monoisotopic (exact) mass is 278 g/mol. The molecule has 98 valence electrons. The highest BCUT2D eigenvalue weighted by Gasteiger charge is 2.11. The van der Waals surface area contributed by atoms with Crippen LogP contribution in [0.4, 0.5) is 10.1 Å². The molecule has 1 aromatic heterocycles. The molecule has 0 radical (unpaired) electrons. The van der Waals surface area contributed by atoms with Gasteiger partial charge in [0.25, 0.3) is 5.91 Å². The molecule has 0 fully saturated rings.